The van der Waals surface area contributed by atoms with E-state index < -0.39 is 21.6 Å². The van der Waals surface area contributed by atoms with E-state index in [0.717, 1.165) is 4.88 Å². The second-order valence-corrected chi connectivity index (χ2v) is 9.81. The molecule has 2 aromatic carbocycles. The van der Waals surface area contributed by atoms with Crippen molar-refractivity contribution in [1.29, 1.82) is 0 Å². The molecule has 2 aromatic heterocycles. The lowest BCUT2D eigenvalue weighted by Crippen LogP contribution is -2.24. The molecule has 0 saturated carbocycles. The van der Waals surface area contributed by atoms with Gasteiger partial charge in [0.2, 0.25) is 0 Å². The van der Waals surface area contributed by atoms with Gasteiger partial charge in [-0.25, -0.2) is 13.2 Å². The van der Waals surface area contributed by atoms with Crippen molar-refractivity contribution in [1.82, 2.24) is 15.3 Å². The third-order valence-corrected chi connectivity index (χ3v) is 6.86. The van der Waals surface area contributed by atoms with E-state index in [1.165, 1.54) is 41.7 Å². The standard InChI is InChI=1S/C19H15ClN4O4S2/c20-17-8-5-11(29-17)10-21-18(25)13-3-1-2-4-14(13)24-30(27,28)12-6-7-15-16(9-12)23-19(26)22-15/h1-9,24H,10H2,(H,21,25)(H2,22,23,26). The van der Waals surface area contributed by atoms with Crippen molar-refractivity contribution in [3.63, 3.8) is 0 Å². The van der Waals surface area contributed by atoms with Gasteiger partial charge in [-0.2, -0.15) is 0 Å². The van der Waals surface area contributed by atoms with Crippen molar-refractivity contribution >= 4 is 55.6 Å². The fourth-order valence-corrected chi connectivity index (χ4v) is 4.99. The van der Waals surface area contributed by atoms with E-state index in [0.29, 0.717) is 15.4 Å². The minimum Gasteiger partial charge on any atom is -0.347 e. The highest BCUT2D eigenvalue weighted by molar-refractivity contribution is 7.92. The number of benzene rings is 2. The second kappa shape index (κ2) is 7.98. The van der Waals surface area contributed by atoms with Gasteiger partial charge in [-0.3, -0.25) is 9.52 Å². The maximum atomic E-state index is 12.9. The maximum absolute atomic E-state index is 12.9. The quantitative estimate of drug-likeness (QED) is 0.351. The van der Waals surface area contributed by atoms with Crippen LogP contribution < -0.4 is 15.7 Å². The Kier molecular flexibility index (Phi) is 5.37. The largest absolute Gasteiger partial charge is 0.347 e. The van der Waals surface area contributed by atoms with E-state index in [9.17, 15) is 18.0 Å². The number of amides is 1. The first kappa shape index (κ1) is 20.2. The van der Waals surface area contributed by atoms with Crippen LogP contribution in [-0.4, -0.2) is 24.3 Å². The monoisotopic (exact) mass is 462 g/mol. The van der Waals surface area contributed by atoms with Gasteiger partial charge in [0.25, 0.3) is 15.9 Å². The smallest absolute Gasteiger partial charge is 0.323 e. The highest BCUT2D eigenvalue weighted by Gasteiger charge is 2.19. The molecule has 0 aliphatic heterocycles. The van der Waals surface area contributed by atoms with Gasteiger partial charge in [-0.15, -0.1) is 11.3 Å². The van der Waals surface area contributed by atoms with Crippen LogP contribution in [0.1, 0.15) is 15.2 Å². The molecule has 4 N–H and O–H groups in total. The average molecular weight is 463 g/mol. The molecule has 1 amide bonds. The minimum absolute atomic E-state index is 0.0475. The molecule has 0 radical (unpaired) electrons. The number of H-pyrrole nitrogens is 2. The number of carbonyl (C=O) groups excluding carboxylic acids is 1. The molecule has 154 valence electrons. The predicted octanol–water partition coefficient (Wildman–Crippen LogP) is 3.30. The molecule has 0 aliphatic rings. The Morgan fingerprint density at radius 3 is 2.57 bits per heavy atom. The number of aromatic amines is 2. The van der Waals surface area contributed by atoms with Gasteiger partial charge in [0, 0.05) is 4.88 Å². The molecule has 4 rings (SSSR count). The van der Waals surface area contributed by atoms with E-state index in [1.54, 1.807) is 18.2 Å². The average Bonchev–Trinajstić information content (AvgIpc) is 3.29. The lowest BCUT2D eigenvalue weighted by Gasteiger charge is -2.12. The van der Waals surface area contributed by atoms with Crippen molar-refractivity contribution in [2.24, 2.45) is 0 Å². The predicted molar refractivity (Wildman–Crippen MR) is 117 cm³/mol. The van der Waals surface area contributed by atoms with Gasteiger partial charge in [-0.05, 0) is 42.5 Å². The Labute approximate surface area is 180 Å². The van der Waals surface area contributed by atoms with Crippen LogP contribution >= 0.6 is 22.9 Å². The molecule has 0 aliphatic carbocycles. The number of para-hydroxylation sites is 1. The summed E-state index contributed by atoms with van der Waals surface area (Å²) in [7, 11) is -4.00. The summed E-state index contributed by atoms with van der Waals surface area (Å²) < 4.78 is 28.8. The normalized spacial score (nSPS) is 11.5. The number of carbonyl (C=O) groups is 1. The van der Waals surface area contributed by atoms with Crippen LogP contribution in [0.4, 0.5) is 5.69 Å². The van der Waals surface area contributed by atoms with Crippen LogP contribution in [0, 0.1) is 0 Å². The van der Waals surface area contributed by atoms with E-state index in [2.05, 4.69) is 20.0 Å². The number of thiophene rings is 1. The lowest BCUT2D eigenvalue weighted by molar-refractivity contribution is 0.0952. The number of fused-ring (bicyclic) bond motifs is 1. The highest BCUT2D eigenvalue weighted by Crippen LogP contribution is 2.23. The Morgan fingerprint density at radius 1 is 1.03 bits per heavy atom. The summed E-state index contributed by atoms with van der Waals surface area (Å²) in [6, 6.07) is 14.1. The molecule has 0 spiro atoms. The number of hydrogen-bond donors (Lipinski definition) is 4. The first-order valence-corrected chi connectivity index (χ1v) is 11.4. The molecule has 11 heteroatoms. The van der Waals surface area contributed by atoms with Crippen LogP contribution in [-0.2, 0) is 16.6 Å². The molecule has 30 heavy (non-hydrogen) atoms. The van der Waals surface area contributed by atoms with E-state index in [-0.39, 0.29) is 22.7 Å². The Balaban J connectivity index is 1.57. The molecule has 2 heterocycles. The zero-order valence-corrected chi connectivity index (χ0v) is 17.6. The first-order chi connectivity index (χ1) is 14.3. The molecule has 0 unspecified atom stereocenters. The van der Waals surface area contributed by atoms with Gasteiger partial charge in [0.15, 0.2) is 0 Å². The highest BCUT2D eigenvalue weighted by atomic mass is 35.5. The zero-order valence-electron chi connectivity index (χ0n) is 15.2. The van der Waals surface area contributed by atoms with Crippen LogP contribution in [0.15, 0.2) is 64.3 Å². The molecular formula is C19H15ClN4O4S2. The summed E-state index contributed by atoms with van der Waals surface area (Å²) >= 11 is 7.24. The molecular weight excluding hydrogens is 448 g/mol. The van der Waals surface area contributed by atoms with Crippen LogP contribution in [0.3, 0.4) is 0 Å². The fourth-order valence-electron chi connectivity index (χ4n) is 2.86. The number of halogens is 1. The summed E-state index contributed by atoms with van der Waals surface area (Å²) in [5.41, 5.74) is 0.749. The number of nitrogens with one attached hydrogen (secondary N) is 4. The van der Waals surface area contributed by atoms with Crippen molar-refractivity contribution in [2.75, 3.05) is 4.72 Å². The maximum Gasteiger partial charge on any atom is 0.323 e. The van der Waals surface area contributed by atoms with E-state index in [1.807, 2.05) is 6.07 Å². The van der Waals surface area contributed by atoms with E-state index in [4.69, 9.17) is 11.6 Å². The number of rotatable bonds is 6. The molecule has 0 bridgehead atoms. The van der Waals surface area contributed by atoms with Crippen LogP contribution in [0.5, 0.6) is 0 Å². The van der Waals surface area contributed by atoms with Gasteiger partial charge >= 0.3 is 5.69 Å². The Morgan fingerprint density at radius 2 is 1.80 bits per heavy atom. The molecule has 0 fully saturated rings. The first-order valence-electron chi connectivity index (χ1n) is 8.68. The summed E-state index contributed by atoms with van der Waals surface area (Å²) in [6.07, 6.45) is 0. The molecule has 0 saturated heterocycles. The second-order valence-electron chi connectivity index (χ2n) is 6.33. The third kappa shape index (κ3) is 4.25. The Hall–Kier alpha value is -3.08. The number of sulfonamides is 1. The van der Waals surface area contributed by atoms with Crippen molar-refractivity contribution < 1.29 is 13.2 Å². The summed E-state index contributed by atoms with van der Waals surface area (Å²) in [6.45, 7) is 0.273. The fraction of sp³-hybridized carbons (Fsp3) is 0.0526. The number of aromatic nitrogens is 2. The topological polar surface area (TPSA) is 124 Å². The third-order valence-electron chi connectivity index (χ3n) is 4.27. The molecule has 8 nitrogen and oxygen atoms in total. The number of imidazole rings is 1. The van der Waals surface area contributed by atoms with Crippen LogP contribution in [0.25, 0.3) is 11.0 Å². The Bertz CT molecular complexity index is 1410. The minimum atomic E-state index is -4.00. The summed E-state index contributed by atoms with van der Waals surface area (Å²) in [5, 5.41) is 2.76. The van der Waals surface area contributed by atoms with Crippen molar-refractivity contribution in [3.05, 3.63) is 79.9 Å². The van der Waals surface area contributed by atoms with Gasteiger partial charge in [0.1, 0.15) is 0 Å². The molecule has 0 atom stereocenters. The van der Waals surface area contributed by atoms with Crippen molar-refractivity contribution in [3.8, 4) is 0 Å². The van der Waals surface area contributed by atoms with Gasteiger partial charge in [0.05, 0.1) is 38.1 Å². The number of anilines is 1. The van der Waals surface area contributed by atoms with Crippen LogP contribution in [0.2, 0.25) is 4.34 Å². The van der Waals surface area contributed by atoms with Crippen molar-refractivity contribution in [2.45, 2.75) is 11.4 Å². The zero-order chi connectivity index (χ0) is 21.3. The summed E-state index contributed by atoms with van der Waals surface area (Å²) in [5.74, 6) is -0.428. The SMILES string of the molecule is O=C(NCc1ccc(Cl)s1)c1ccccc1NS(=O)(=O)c1ccc2[nH]c(=O)[nH]c2c1. The number of hydrogen-bond acceptors (Lipinski definition) is 5. The lowest BCUT2D eigenvalue weighted by atomic mass is 10.1. The van der Waals surface area contributed by atoms with Gasteiger partial charge in [-0.1, -0.05) is 23.7 Å². The summed E-state index contributed by atoms with van der Waals surface area (Å²) in [4.78, 5) is 29.9. The molecule has 4 aromatic rings. The van der Waals surface area contributed by atoms with E-state index >= 15 is 0 Å². The van der Waals surface area contributed by atoms with Gasteiger partial charge < -0.3 is 15.3 Å².